The molecule has 3 aromatic heterocycles. The summed E-state index contributed by atoms with van der Waals surface area (Å²) in [5.41, 5.74) is 2.59. The van der Waals surface area contributed by atoms with Gasteiger partial charge in [-0.3, -0.25) is 0 Å². The predicted molar refractivity (Wildman–Crippen MR) is 92.5 cm³/mol. The van der Waals surface area contributed by atoms with Crippen molar-refractivity contribution in [2.45, 2.75) is 0 Å². The molecule has 0 N–H and O–H groups in total. The highest BCUT2D eigenvalue weighted by Crippen LogP contribution is 2.34. The highest BCUT2D eigenvalue weighted by Gasteiger charge is 2.13. The van der Waals surface area contributed by atoms with E-state index in [0.717, 1.165) is 44.2 Å². The number of hydrogen-bond acceptors (Lipinski definition) is 4. The van der Waals surface area contributed by atoms with E-state index < -0.39 is 0 Å². The zero-order valence-electron chi connectivity index (χ0n) is 12.0. The van der Waals surface area contributed by atoms with Gasteiger partial charge >= 0.3 is 0 Å². The summed E-state index contributed by atoms with van der Waals surface area (Å²) in [5.74, 6) is 1.57. The number of aromatic nitrogens is 1. The van der Waals surface area contributed by atoms with Gasteiger partial charge in [0.2, 0.25) is 0 Å². The highest BCUT2D eigenvalue weighted by molar-refractivity contribution is 7.13. The smallest absolute Gasteiger partial charge is 0.164 e. The summed E-state index contributed by atoms with van der Waals surface area (Å²) in [5, 5.41) is 5.03. The van der Waals surface area contributed by atoms with E-state index in [1.54, 1.807) is 11.3 Å². The van der Waals surface area contributed by atoms with Crippen LogP contribution in [-0.2, 0) is 0 Å². The van der Waals surface area contributed by atoms with Gasteiger partial charge in [0.15, 0.2) is 16.5 Å². The maximum atomic E-state index is 5.88. The van der Waals surface area contributed by atoms with Crippen molar-refractivity contribution in [3.63, 3.8) is 0 Å². The lowest BCUT2D eigenvalue weighted by atomic mass is 10.2. The van der Waals surface area contributed by atoms with E-state index in [-0.39, 0.29) is 0 Å². The van der Waals surface area contributed by atoms with Gasteiger partial charge in [-0.2, -0.15) is 0 Å². The van der Waals surface area contributed by atoms with Crippen molar-refractivity contribution in [3.05, 3.63) is 66.0 Å². The van der Waals surface area contributed by atoms with Crippen LogP contribution >= 0.6 is 11.3 Å². The third kappa shape index (κ3) is 2.07. The molecule has 2 aromatic carbocycles. The molecule has 0 saturated heterocycles. The molecule has 0 amide bonds. The van der Waals surface area contributed by atoms with Crippen LogP contribution in [0.25, 0.3) is 44.2 Å². The summed E-state index contributed by atoms with van der Waals surface area (Å²) in [6.07, 6.45) is 0. The molecule has 0 atom stereocenters. The first-order valence-electron chi connectivity index (χ1n) is 7.30. The maximum absolute atomic E-state index is 5.88. The Morgan fingerprint density at radius 2 is 1.35 bits per heavy atom. The standard InChI is InChI=1S/C19H11NO2S/c1-3-7-15-12(5-1)9-17(21-15)14-11-23-19(20-14)18-10-13-6-2-4-8-16(13)22-18/h1-11H. The number of rotatable bonds is 2. The molecular formula is C19H11NO2S. The Hall–Kier alpha value is -2.85. The molecule has 0 fully saturated rings. The molecule has 0 saturated carbocycles. The first-order chi connectivity index (χ1) is 11.4. The maximum Gasteiger partial charge on any atom is 0.164 e. The number of fused-ring (bicyclic) bond motifs is 2. The van der Waals surface area contributed by atoms with Crippen LogP contribution in [0.4, 0.5) is 0 Å². The normalized spacial score (nSPS) is 11.5. The molecular weight excluding hydrogens is 306 g/mol. The largest absolute Gasteiger partial charge is 0.454 e. The van der Waals surface area contributed by atoms with Gasteiger partial charge < -0.3 is 8.83 Å². The van der Waals surface area contributed by atoms with Crippen molar-refractivity contribution in [2.24, 2.45) is 0 Å². The quantitative estimate of drug-likeness (QED) is 0.402. The van der Waals surface area contributed by atoms with E-state index in [1.807, 2.05) is 66.0 Å². The Kier molecular flexibility index (Phi) is 2.66. The predicted octanol–water partition coefficient (Wildman–Crippen LogP) is 5.97. The van der Waals surface area contributed by atoms with Gasteiger partial charge in [-0.25, -0.2) is 4.98 Å². The van der Waals surface area contributed by atoms with Crippen molar-refractivity contribution in [1.29, 1.82) is 0 Å². The number of furan rings is 2. The van der Waals surface area contributed by atoms with Gasteiger partial charge in [-0.15, -0.1) is 11.3 Å². The third-order valence-electron chi connectivity index (χ3n) is 3.82. The minimum atomic E-state index is 0.782. The number of nitrogens with zero attached hydrogens (tertiary/aromatic N) is 1. The van der Waals surface area contributed by atoms with Crippen LogP contribution in [0.1, 0.15) is 0 Å². The summed E-state index contributed by atoms with van der Waals surface area (Å²) >= 11 is 1.56. The molecule has 0 aliphatic rings. The number of para-hydroxylation sites is 2. The molecule has 3 nitrogen and oxygen atoms in total. The van der Waals surface area contributed by atoms with Crippen molar-refractivity contribution < 1.29 is 8.83 Å². The average molecular weight is 317 g/mol. The van der Waals surface area contributed by atoms with E-state index in [0.29, 0.717) is 0 Å². The molecule has 0 aliphatic carbocycles. The van der Waals surface area contributed by atoms with Gasteiger partial charge in [-0.1, -0.05) is 36.4 Å². The molecule has 0 unspecified atom stereocenters. The lowest BCUT2D eigenvalue weighted by Crippen LogP contribution is -1.74. The lowest BCUT2D eigenvalue weighted by molar-refractivity contribution is 0.626. The Morgan fingerprint density at radius 1 is 0.739 bits per heavy atom. The van der Waals surface area contributed by atoms with E-state index in [2.05, 4.69) is 4.98 Å². The molecule has 110 valence electrons. The van der Waals surface area contributed by atoms with E-state index >= 15 is 0 Å². The van der Waals surface area contributed by atoms with Crippen LogP contribution in [0.3, 0.4) is 0 Å². The van der Waals surface area contributed by atoms with Crippen LogP contribution < -0.4 is 0 Å². The molecule has 0 aliphatic heterocycles. The van der Waals surface area contributed by atoms with Crippen LogP contribution in [-0.4, -0.2) is 4.98 Å². The zero-order valence-corrected chi connectivity index (χ0v) is 12.8. The first-order valence-corrected chi connectivity index (χ1v) is 8.18. The summed E-state index contributed by atoms with van der Waals surface area (Å²) in [6.45, 7) is 0. The fourth-order valence-corrected chi connectivity index (χ4v) is 3.46. The Bertz CT molecular complexity index is 978. The SMILES string of the molecule is c1ccc2oc(-c3csc(-c4cc5ccccc5o4)n3)cc2c1. The van der Waals surface area contributed by atoms with Gasteiger partial charge in [0.05, 0.1) is 0 Å². The molecule has 23 heavy (non-hydrogen) atoms. The summed E-state index contributed by atoms with van der Waals surface area (Å²) < 4.78 is 11.8. The molecule has 5 aromatic rings. The van der Waals surface area contributed by atoms with Gasteiger partial charge in [0, 0.05) is 16.2 Å². The molecule has 0 spiro atoms. The fraction of sp³-hybridized carbons (Fsp3) is 0. The zero-order chi connectivity index (χ0) is 15.2. The number of benzene rings is 2. The summed E-state index contributed by atoms with van der Waals surface area (Å²) in [4.78, 5) is 4.67. The van der Waals surface area contributed by atoms with E-state index in [1.165, 1.54) is 0 Å². The first kappa shape index (κ1) is 12.7. The van der Waals surface area contributed by atoms with Crippen LogP contribution in [0, 0.1) is 0 Å². The third-order valence-corrected chi connectivity index (χ3v) is 4.68. The fourth-order valence-electron chi connectivity index (χ4n) is 2.70. The summed E-state index contributed by atoms with van der Waals surface area (Å²) in [6, 6.07) is 20.0. The molecule has 5 rings (SSSR count). The van der Waals surface area contributed by atoms with E-state index in [4.69, 9.17) is 8.83 Å². The molecule has 3 heterocycles. The average Bonchev–Trinajstić information content (AvgIpc) is 3.30. The van der Waals surface area contributed by atoms with Gasteiger partial charge in [0.25, 0.3) is 0 Å². The van der Waals surface area contributed by atoms with Gasteiger partial charge in [0.1, 0.15) is 16.9 Å². The number of thiazole rings is 1. The van der Waals surface area contributed by atoms with Crippen LogP contribution in [0.15, 0.2) is 74.9 Å². The lowest BCUT2D eigenvalue weighted by Gasteiger charge is -1.89. The van der Waals surface area contributed by atoms with Crippen LogP contribution in [0.5, 0.6) is 0 Å². The monoisotopic (exact) mass is 317 g/mol. The molecule has 4 heteroatoms. The van der Waals surface area contributed by atoms with Crippen molar-refractivity contribution in [1.82, 2.24) is 4.98 Å². The minimum Gasteiger partial charge on any atom is -0.454 e. The van der Waals surface area contributed by atoms with Crippen molar-refractivity contribution >= 4 is 33.3 Å². The Balaban J connectivity index is 1.59. The molecule has 0 radical (unpaired) electrons. The second kappa shape index (κ2) is 4.83. The summed E-state index contributed by atoms with van der Waals surface area (Å²) in [7, 11) is 0. The highest BCUT2D eigenvalue weighted by atomic mass is 32.1. The minimum absolute atomic E-state index is 0.782. The Morgan fingerprint density at radius 3 is 2.04 bits per heavy atom. The van der Waals surface area contributed by atoms with E-state index in [9.17, 15) is 0 Å². The van der Waals surface area contributed by atoms with Crippen LogP contribution in [0.2, 0.25) is 0 Å². The van der Waals surface area contributed by atoms with Crippen molar-refractivity contribution in [2.75, 3.05) is 0 Å². The Labute approximate surface area is 135 Å². The second-order valence-corrected chi connectivity index (χ2v) is 6.19. The second-order valence-electron chi connectivity index (χ2n) is 5.33. The topological polar surface area (TPSA) is 39.2 Å². The van der Waals surface area contributed by atoms with Crippen molar-refractivity contribution in [3.8, 4) is 22.2 Å². The number of hydrogen-bond donors (Lipinski definition) is 0. The van der Waals surface area contributed by atoms with Gasteiger partial charge in [-0.05, 0) is 24.3 Å². The molecule has 0 bridgehead atoms.